The van der Waals surface area contributed by atoms with Crippen LogP contribution in [0, 0.1) is 11.2 Å². The Bertz CT molecular complexity index is 513. The number of hydrogen-bond acceptors (Lipinski definition) is 2. The molecule has 1 heterocycles. The van der Waals surface area contributed by atoms with E-state index in [4.69, 9.17) is 0 Å². The standard InChI is InChI=1S/C15H19BrFNO2/c1-10(12-4-3-11(16)9-13(12)17)18-7-5-15(2,6-8-18)14(19)20/h3-4,9-10H,5-8H2,1-2H3,(H,19,20). The van der Waals surface area contributed by atoms with E-state index >= 15 is 0 Å². The van der Waals surface area contributed by atoms with Gasteiger partial charge in [0.25, 0.3) is 0 Å². The van der Waals surface area contributed by atoms with Crippen LogP contribution in [0.25, 0.3) is 0 Å². The third-order valence-corrected chi connectivity index (χ3v) is 4.87. The smallest absolute Gasteiger partial charge is 0.309 e. The second kappa shape index (κ2) is 5.82. The molecule has 1 saturated heterocycles. The Morgan fingerprint density at radius 1 is 1.45 bits per heavy atom. The molecule has 1 atom stereocenters. The van der Waals surface area contributed by atoms with Gasteiger partial charge in [-0.2, -0.15) is 0 Å². The Kier molecular flexibility index (Phi) is 4.49. The fourth-order valence-electron chi connectivity index (χ4n) is 2.66. The van der Waals surface area contributed by atoms with E-state index in [-0.39, 0.29) is 11.9 Å². The molecule has 110 valence electrons. The third-order valence-electron chi connectivity index (χ3n) is 4.38. The van der Waals surface area contributed by atoms with Crippen molar-refractivity contribution in [3.63, 3.8) is 0 Å². The molecule has 1 N–H and O–H groups in total. The number of halogens is 2. The number of likely N-dealkylation sites (tertiary alicyclic amines) is 1. The summed E-state index contributed by atoms with van der Waals surface area (Å²) in [6, 6.07) is 5.05. The predicted octanol–water partition coefficient (Wildman–Crippen LogP) is 3.84. The number of carboxylic acids is 1. The van der Waals surface area contributed by atoms with Gasteiger partial charge in [0.1, 0.15) is 5.82 Å². The minimum absolute atomic E-state index is 0.0403. The summed E-state index contributed by atoms with van der Waals surface area (Å²) in [5.41, 5.74) is 0.0150. The summed E-state index contributed by atoms with van der Waals surface area (Å²) >= 11 is 3.25. The first-order chi connectivity index (χ1) is 9.33. The van der Waals surface area contributed by atoms with E-state index in [2.05, 4.69) is 20.8 Å². The average molecular weight is 344 g/mol. The summed E-state index contributed by atoms with van der Waals surface area (Å²) in [5, 5.41) is 9.23. The summed E-state index contributed by atoms with van der Waals surface area (Å²) in [4.78, 5) is 13.4. The van der Waals surface area contributed by atoms with Crippen molar-refractivity contribution in [2.45, 2.75) is 32.7 Å². The Morgan fingerprint density at radius 3 is 2.55 bits per heavy atom. The van der Waals surface area contributed by atoms with Crippen molar-refractivity contribution in [3.8, 4) is 0 Å². The number of carboxylic acid groups (broad SMARTS) is 1. The lowest BCUT2D eigenvalue weighted by molar-refractivity contribution is -0.151. The zero-order valence-corrected chi connectivity index (χ0v) is 13.3. The normalized spacial score (nSPS) is 20.6. The van der Waals surface area contributed by atoms with Gasteiger partial charge < -0.3 is 5.11 Å². The fourth-order valence-corrected chi connectivity index (χ4v) is 2.99. The second-order valence-corrected chi connectivity index (χ2v) is 6.66. The number of hydrogen-bond donors (Lipinski definition) is 1. The minimum Gasteiger partial charge on any atom is -0.481 e. The summed E-state index contributed by atoms with van der Waals surface area (Å²) < 4.78 is 14.7. The van der Waals surface area contributed by atoms with E-state index in [9.17, 15) is 14.3 Å². The number of carbonyl (C=O) groups is 1. The van der Waals surface area contributed by atoms with Gasteiger partial charge >= 0.3 is 5.97 Å². The molecule has 0 saturated carbocycles. The van der Waals surface area contributed by atoms with Crippen molar-refractivity contribution in [2.75, 3.05) is 13.1 Å². The predicted molar refractivity (Wildman–Crippen MR) is 79.1 cm³/mol. The molecule has 0 spiro atoms. The van der Waals surface area contributed by atoms with Crippen molar-refractivity contribution >= 4 is 21.9 Å². The fraction of sp³-hybridized carbons (Fsp3) is 0.533. The number of piperidine rings is 1. The van der Waals surface area contributed by atoms with Gasteiger partial charge in [-0.25, -0.2) is 4.39 Å². The highest BCUT2D eigenvalue weighted by molar-refractivity contribution is 9.10. The zero-order chi connectivity index (χ0) is 14.9. The molecule has 0 bridgehead atoms. The summed E-state index contributed by atoms with van der Waals surface area (Å²) in [6.07, 6.45) is 1.20. The van der Waals surface area contributed by atoms with Crippen LogP contribution < -0.4 is 0 Å². The molecule has 0 aromatic heterocycles. The molecule has 0 aliphatic carbocycles. The Balaban J connectivity index is 2.08. The average Bonchev–Trinajstić information content (AvgIpc) is 2.38. The topological polar surface area (TPSA) is 40.5 Å². The lowest BCUT2D eigenvalue weighted by Crippen LogP contribution is -2.43. The van der Waals surface area contributed by atoms with Crippen molar-refractivity contribution in [3.05, 3.63) is 34.1 Å². The van der Waals surface area contributed by atoms with Crippen LogP contribution in [0.4, 0.5) is 4.39 Å². The van der Waals surface area contributed by atoms with Gasteiger partial charge in [-0.3, -0.25) is 9.69 Å². The van der Waals surface area contributed by atoms with Crippen LogP contribution >= 0.6 is 15.9 Å². The first kappa shape index (κ1) is 15.4. The maximum absolute atomic E-state index is 14.0. The monoisotopic (exact) mass is 343 g/mol. The molecule has 0 amide bonds. The van der Waals surface area contributed by atoms with Crippen LogP contribution in [0.5, 0.6) is 0 Å². The number of nitrogens with zero attached hydrogens (tertiary/aromatic N) is 1. The highest BCUT2D eigenvalue weighted by Crippen LogP contribution is 2.35. The largest absolute Gasteiger partial charge is 0.481 e. The van der Waals surface area contributed by atoms with Gasteiger partial charge in [-0.1, -0.05) is 22.0 Å². The third kappa shape index (κ3) is 3.04. The number of benzene rings is 1. The molecular formula is C15H19BrFNO2. The molecule has 1 aromatic rings. The molecule has 1 aliphatic heterocycles. The van der Waals surface area contributed by atoms with Crippen LogP contribution in [-0.4, -0.2) is 29.1 Å². The lowest BCUT2D eigenvalue weighted by Gasteiger charge is -2.39. The van der Waals surface area contributed by atoms with E-state index < -0.39 is 11.4 Å². The first-order valence-electron chi connectivity index (χ1n) is 6.76. The van der Waals surface area contributed by atoms with Crippen molar-refractivity contribution in [2.24, 2.45) is 5.41 Å². The second-order valence-electron chi connectivity index (χ2n) is 5.74. The molecule has 5 heteroatoms. The molecule has 1 fully saturated rings. The first-order valence-corrected chi connectivity index (χ1v) is 7.55. The van der Waals surface area contributed by atoms with Crippen molar-refractivity contribution in [1.82, 2.24) is 4.90 Å². The van der Waals surface area contributed by atoms with E-state index in [1.807, 2.05) is 13.0 Å². The van der Waals surface area contributed by atoms with E-state index in [0.717, 1.165) is 4.47 Å². The summed E-state index contributed by atoms with van der Waals surface area (Å²) in [6.45, 7) is 5.12. The Labute approximate surface area is 126 Å². The van der Waals surface area contributed by atoms with Crippen LogP contribution in [0.3, 0.4) is 0 Å². The molecule has 3 nitrogen and oxygen atoms in total. The number of aliphatic carboxylic acids is 1. The van der Waals surface area contributed by atoms with Crippen LogP contribution in [-0.2, 0) is 4.79 Å². The van der Waals surface area contributed by atoms with Gasteiger partial charge in [0, 0.05) is 16.1 Å². The Morgan fingerprint density at radius 2 is 2.05 bits per heavy atom. The molecule has 2 rings (SSSR count). The van der Waals surface area contributed by atoms with Crippen molar-refractivity contribution < 1.29 is 14.3 Å². The molecule has 0 radical (unpaired) electrons. The van der Waals surface area contributed by atoms with Gasteiger partial charge in [0.05, 0.1) is 5.41 Å². The SMILES string of the molecule is CC(c1ccc(Br)cc1F)N1CCC(C)(C(=O)O)CC1. The molecular weight excluding hydrogens is 325 g/mol. The van der Waals surface area contributed by atoms with Gasteiger partial charge in [0.2, 0.25) is 0 Å². The quantitative estimate of drug-likeness (QED) is 0.906. The van der Waals surface area contributed by atoms with E-state index in [0.29, 0.717) is 31.5 Å². The molecule has 1 aromatic carbocycles. The molecule has 20 heavy (non-hydrogen) atoms. The maximum Gasteiger partial charge on any atom is 0.309 e. The van der Waals surface area contributed by atoms with Crippen LogP contribution in [0.2, 0.25) is 0 Å². The summed E-state index contributed by atoms with van der Waals surface area (Å²) in [7, 11) is 0. The van der Waals surface area contributed by atoms with Gasteiger partial charge in [-0.05, 0) is 51.9 Å². The van der Waals surface area contributed by atoms with Crippen molar-refractivity contribution in [1.29, 1.82) is 0 Å². The highest BCUT2D eigenvalue weighted by atomic mass is 79.9. The van der Waals surface area contributed by atoms with Gasteiger partial charge in [0.15, 0.2) is 0 Å². The molecule has 1 unspecified atom stereocenters. The van der Waals surface area contributed by atoms with E-state index in [1.165, 1.54) is 6.07 Å². The molecule has 1 aliphatic rings. The Hall–Kier alpha value is -0.940. The van der Waals surface area contributed by atoms with E-state index in [1.54, 1.807) is 13.0 Å². The maximum atomic E-state index is 14.0. The highest BCUT2D eigenvalue weighted by Gasteiger charge is 2.38. The zero-order valence-electron chi connectivity index (χ0n) is 11.7. The van der Waals surface area contributed by atoms with Crippen LogP contribution in [0.1, 0.15) is 38.3 Å². The van der Waals surface area contributed by atoms with Crippen LogP contribution in [0.15, 0.2) is 22.7 Å². The number of rotatable bonds is 3. The lowest BCUT2D eigenvalue weighted by atomic mass is 9.80. The minimum atomic E-state index is -0.736. The van der Waals surface area contributed by atoms with Gasteiger partial charge in [-0.15, -0.1) is 0 Å². The summed E-state index contributed by atoms with van der Waals surface area (Å²) in [5.74, 6) is -0.960.